The minimum absolute atomic E-state index is 0.00262. The van der Waals surface area contributed by atoms with Gasteiger partial charge in [-0.05, 0) is 25.0 Å². The van der Waals surface area contributed by atoms with E-state index in [0.717, 1.165) is 12.1 Å². The van der Waals surface area contributed by atoms with E-state index >= 15 is 0 Å². The fourth-order valence-electron chi connectivity index (χ4n) is 1.58. The number of halogens is 1. The summed E-state index contributed by atoms with van der Waals surface area (Å²) in [5, 5.41) is 22.2. The molecule has 0 aliphatic heterocycles. The Hall–Kier alpha value is -2.02. The Labute approximate surface area is 102 Å². The molecule has 1 aromatic rings. The number of aliphatic hydroxyl groups excluding tert-OH is 1. The van der Waals surface area contributed by atoms with Gasteiger partial charge in [0, 0.05) is 11.6 Å². The van der Waals surface area contributed by atoms with Crippen LogP contribution in [0.5, 0.6) is 0 Å². The van der Waals surface area contributed by atoms with Crippen molar-refractivity contribution in [1.29, 1.82) is 0 Å². The van der Waals surface area contributed by atoms with E-state index in [1.54, 1.807) is 0 Å². The Morgan fingerprint density at radius 1 is 1.56 bits per heavy atom. The molecule has 6 nitrogen and oxygen atoms in total. The van der Waals surface area contributed by atoms with E-state index in [2.05, 4.69) is 5.32 Å². The number of carbonyl (C=O) groups excluding carboxylic acids is 1. The molecule has 1 aromatic carbocycles. The molecule has 7 heteroatoms. The highest BCUT2D eigenvalue weighted by Gasteiger charge is 2.43. The van der Waals surface area contributed by atoms with Gasteiger partial charge in [-0.3, -0.25) is 14.9 Å². The standard InChI is InChI=1S/C11H11FN2O4/c12-8-2-1-7(5-9(8)14(17)18)10(16)13-11(6-15)3-4-11/h1-2,5,15H,3-4,6H2,(H,13,16). The van der Waals surface area contributed by atoms with Crippen molar-refractivity contribution in [2.45, 2.75) is 18.4 Å². The number of aliphatic hydroxyl groups is 1. The molecule has 0 spiro atoms. The lowest BCUT2D eigenvalue weighted by atomic mass is 10.1. The summed E-state index contributed by atoms with van der Waals surface area (Å²) in [4.78, 5) is 21.4. The summed E-state index contributed by atoms with van der Waals surface area (Å²) in [6, 6.07) is 2.94. The Morgan fingerprint density at radius 2 is 2.22 bits per heavy atom. The van der Waals surface area contributed by atoms with Crippen molar-refractivity contribution in [1.82, 2.24) is 5.32 Å². The molecule has 1 saturated carbocycles. The third-order valence-electron chi connectivity index (χ3n) is 2.94. The number of nitrogens with zero attached hydrogens (tertiary/aromatic N) is 1. The fourth-order valence-corrected chi connectivity index (χ4v) is 1.58. The number of amides is 1. The minimum atomic E-state index is -0.986. The molecule has 96 valence electrons. The molecule has 0 aromatic heterocycles. The van der Waals surface area contributed by atoms with Crippen LogP contribution in [0.2, 0.25) is 0 Å². The first-order chi connectivity index (χ1) is 8.47. The average molecular weight is 254 g/mol. The Kier molecular flexibility index (Phi) is 3.00. The molecule has 0 atom stereocenters. The van der Waals surface area contributed by atoms with Gasteiger partial charge in [0.05, 0.1) is 17.1 Å². The van der Waals surface area contributed by atoms with Crippen LogP contribution in [0.3, 0.4) is 0 Å². The van der Waals surface area contributed by atoms with Gasteiger partial charge in [0.15, 0.2) is 0 Å². The lowest BCUT2D eigenvalue weighted by molar-refractivity contribution is -0.387. The van der Waals surface area contributed by atoms with Gasteiger partial charge in [-0.25, -0.2) is 0 Å². The summed E-state index contributed by atoms with van der Waals surface area (Å²) in [5.41, 5.74) is -1.35. The van der Waals surface area contributed by atoms with Gasteiger partial charge in [0.1, 0.15) is 0 Å². The van der Waals surface area contributed by atoms with Crippen molar-refractivity contribution in [3.63, 3.8) is 0 Å². The summed E-state index contributed by atoms with van der Waals surface area (Å²) in [7, 11) is 0. The van der Waals surface area contributed by atoms with Crippen molar-refractivity contribution < 1.29 is 19.2 Å². The third-order valence-corrected chi connectivity index (χ3v) is 2.94. The van der Waals surface area contributed by atoms with Gasteiger partial charge in [-0.2, -0.15) is 4.39 Å². The highest BCUT2D eigenvalue weighted by Crippen LogP contribution is 2.35. The van der Waals surface area contributed by atoms with Crippen molar-refractivity contribution >= 4 is 11.6 Å². The van der Waals surface area contributed by atoms with E-state index < -0.39 is 27.9 Å². The zero-order valence-electron chi connectivity index (χ0n) is 9.35. The number of hydrogen-bond donors (Lipinski definition) is 2. The quantitative estimate of drug-likeness (QED) is 0.619. The lowest BCUT2D eigenvalue weighted by Gasteiger charge is -2.14. The second kappa shape index (κ2) is 4.34. The van der Waals surface area contributed by atoms with Crippen molar-refractivity contribution in [3.05, 3.63) is 39.7 Å². The zero-order chi connectivity index (χ0) is 13.3. The van der Waals surface area contributed by atoms with Crippen LogP contribution in [0.4, 0.5) is 10.1 Å². The van der Waals surface area contributed by atoms with Crippen LogP contribution in [-0.4, -0.2) is 28.1 Å². The molecule has 1 fully saturated rings. The number of carbonyl (C=O) groups is 1. The van der Waals surface area contributed by atoms with Crippen LogP contribution < -0.4 is 5.32 Å². The van der Waals surface area contributed by atoms with E-state index in [9.17, 15) is 19.3 Å². The van der Waals surface area contributed by atoms with Crippen LogP contribution in [0.25, 0.3) is 0 Å². The summed E-state index contributed by atoms with van der Waals surface area (Å²) >= 11 is 0. The topological polar surface area (TPSA) is 92.5 Å². The molecular weight excluding hydrogens is 243 g/mol. The number of nitro benzene ring substituents is 1. The van der Waals surface area contributed by atoms with Crippen molar-refractivity contribution in [2.75, 3.05) is 6.61 Å². The maximum absolute atomic E-state index is 13.1. The molecule has 0 saturated heterocycles. The fraction of sp³-hybridized carbons (Fsp3) is 0.364. The van der Waals surface area contributed by atoms with Crippen LogP contribution in [0, 0.1) is 15.9 Å². The monoisotopic (exact) mass is 254 g/mol. The Balaban J connectivity index is 2.21. The summed E-state index contributed by atoms with van der Waals surface area (Å²) in [5.74, 6) is -1.54. The highest BCUT2D eigenvalue weighted by molar-refractivity contribution is 5.95. The van der Waals surface area contributed by atoms with Crippen molar-refractivity contribution in [2.24, 2.45) is 0 Å². The predicted octanol–water partition coefficient (Wildman–Crippen LogP) is 0.989. The van der Waals surface area contributed by atoms with Gasteiger partial charge in [0.25, 0.3) is 5.91 Å². The van der Waals surface area contributed by atoms with Gasteiger partial charge in [-0.15, -0.1) is 0 Å². The summed E-state index contributed by atoms with van der Waals surface area (Å²) < 4.78 is 13.1. The zero-order valence-corrected chi connectivity index (χ0v) is 9.35. The highest BCUT2D eigenvalue weighted by atomic mass is 19.1. The summed E-state index contributed by atoms with van der Waals surface area (Å²) in [6.07, 6.45) is 1.33. The SMILES string of the molecule is O=C(NC1(CO)CC1)c1ccc(F)c([N+](=O)[O-])c1. The first kappa shape index (κ1) is 12.4. The molecule has 1 aliphatic rings. The lowest BCUT2D eigenvalue weighted by Crippen LogP contribution is -2.39. The number of benzene rings is 1. The van der Waals surface area contributed by atoms with Gasteiger partial charge >= 0.3 is 5.69 Å². The predicted molar refractivity (Wildman–Crippen MR) is 59.6 cm³/mol. The van der Waals surface area contributed by atoms with Gasteiger partial charge in [-0.1, -0.05) is 0 Å². The van der Waals surface area contributed by atoms with Crippen molar-refractivity contribution in [3.8, 4) is 0 Å². The Bertz CT molecular complexity index is 514. The van der Waals surface area contributed by atoms with E-state index in [0.29, 0.717) is 12.8 Å². The Morgan fingerprint density at radius 3 is 2.72 bits per heavy atom. The third kappa shape index (κ3) is 2.30. The first-order valence-electron chi connectivity index (χ1n) is 5.35. The van der Waals surface area contributed by atoms with Crippen LogP contribution in [-0.2, 0) is 0 Å². The maximum Gasteiger partial charge on any atom is 0.305 e. The largest absolute Gasteiger partial charge is 0.394 e. The molecule has 0 heterocycles. The smallest absolute Gasteiger partial charge is 0.305 e. The second-order valence-corrected chi connectivity index (χ2v) is 4.32. The average Bonchev–Trinajstić information content (AvgIpc) is 3.09. The number of nitrogens with one attached hydrogen (secondary N) is 1. The second-order valence-electron chi connectivity index (χ2n) is 4.32. The first-order valence-corrected chi connectivity index (χ1v) is 5.35. The molecular formula is C11H11FN2O4. The molecule has 0 unspecified atom stereocenters. The molecule has 1 aliphatic carbocycles. The number of hydrogen-bond acceptors (Lipinski definition) is 4. The molecule has 1 amide bonds. The number of rotatable bonds is 4. The normalized spacial score (nSPS) is 16.1. The van der Waals surface area contributed by atoms with E-state index in [1.807, 2.05) is 0 Å². The minimum Gasteiger partial charge on any atom is -0.394 e. The van der Waals surface area contributed by atoms with E-state index in [1.165, 1.54) is 6.07 Å². The van der Waals surface area contributed by atoms with Crippen LogP contribution >= 0.6 is 0 Å². The van der Waals surface area contributed by atoms with Crippen LogP contribution in [0.15, 0.2) is 18.2 Å². The molecule has 0 radical (unpaired) electrons. The number of nitro groups is 1. The van der Waals surface area contributed by atoms with Gasteiger partial charge < -0.3 is 10.4 Å². The van der Waals surface area contributed by atoms with E-state index in [4.69, 9.17) is 5.11 Å². The summed E-state index contributed by atoms with van der Waals surface area (Å²) in [6.45, 7) is -0.179. The maximum atomic E-state index is 13.1. The molecule has 2 rings (SSSR count). The van der Waals surface area contributed by atoms with E-state index in [-0.39, 0.29) is 12.2 Å². The molecule has 18 heavy (non-hydrogen) atoms. The van der Waals surface area contributed by atoms with Crippen LogP contribution in [0.1, 0.15) is 23.2 Å². The molecule has 0 bridgehead atoms. The molecule has 2 N–H and O–H groups in total. The van der Waals surface area contributed by atoms with Gasteiger partial charge in [0.2, 0.25) is 5.82 Å².